The number of likely N-dealkylation sites (N-methyl/N-ethyl adjacent to an activating group) is 1. The average Bonchev–Trinajstić information content (AvgIpc) is 2.83. The highest BCUT2D eigenvalue weighted by Crippen LogP contribution is 2.58. The van der Waals surface area contributed by atoms with Crippen molar-refractivity contribution < 1.29 is 9.53 Å². The molecule has 2 fully saturated rings. The Morgan fingerprint density at radius 1 is 1.40 bits per heavy atom. The van der Waals surface area contributed by atoms with Crippen molar-refractivity contribution in [1.82, 2.24) is 4.90 Å². The molecule has 1 saturated carbocycles. The second kappa shape index (κ2) is 4.99. The van der Waals surface area contributed by atoms with E-state index >= 15 is 0 Å². The van der Waals surface area contributed by atoms with Gasteiger partial charge in [0.25, 0.3) is 0 Å². The van der Waals surface area contributed by atoms with Crippen LogP contribution in [0.1, 0.15) is 47.5 Å². The van der Waals surface area contributed by atoms with Crippen molar-refractivity contribution in [3.8, 4) is 0 Å². The van der Waals surface area contributed by atoms with Crippen molar-refractivity contribution in [3.63, 3.8) is 0 Å². The number of nitrogens with zero attached hydrogens (tertiary/aromatic N) is 1. The zero-order valence-electron chi connectivity index (χ0n) is 13.8. The van der Waals surface area contributed by atoms with Crippen LogP contribution in [0, 0.1) is 17.3 Å². The molecule has 0 radical (unpaired) electrons. The van der Waals surface area contributed by atoms with Gasteiger partial charge in [0, 0.05) is 31.0 Å². The monoisotopic (exact) mass is 282 g/mol. The SMILES string of the molecule is CC(C)CC(C)N(C)C(=O)C1(N)C2CCOC2C1(C)C. The first-order chi connectivity index (χ1) is 9.14. The number of ether oxygens (including phenoxy) is 1. The number of carbonyl (C=O) groups excluding carboxylic acids is 1. The first-order valence-electron chi connectivity index (χ1n) is 7.81. The van der Waals surface area contributed by atoms with Gasteiger partial charge in [0.15, 0.2) is 0 Å². The molecule has 0 aromatic heterocycles. The summed E-state index contributed by atoms with van der Waals surface area (Å²) in [5.74, 6) is 0.840. The lowest BCUT2D eigenvalue weighted by molar-refractivity contribution is -0.184. The molecule has 2 aliphatic rings. The Labute approximate surface area is 123 Å². The predicted molar refractivity (Wildman–Crippen MR) is 80.2 cm³/mol. The van der Waals surface area contributed by atoms with Gasteiger partial charge in [0.2, 0.25) is 5.91 Å². The van der Waals surface area contributed by atoms with E-state index in [9.17, 15) is 4.79 Å². The maximum atomic E-state index is 13.0. The van der Waals surface area contributed by atoms with E-state index in [1.165, 1.54) is 0 Å². The molecule has 0 aromatic rings. The van der Waals surface area contributed by atoms with Crippen LogP contribution in [-0.4, -0.2) is 42.1 Å². The Morgan fingerprint density at radius 3 is 2.55 bits per heavy atom. The molecule has 1 aliphatic heterocycles. The Bertz CT molecular complexity index is 394. The number of fused-ring (bicyclic) bond motifs is 1. The van der Waals surface area contributed by atoms with Crippen molar-refractivity contribution in [2.45, 2.75) is 65.1 Å². The molecule has 0 aromatic carbocycles. The van der Waals surface area contributed by atoms with Gasteiger partial charge in [-0.05, 0) is 25.7 Å². The number of carbonyl (C=O) groups is 1. The number of rotatable bonds is 4. The summed E-state index contributed by atoms with van der Waals surface area (Å²) in [5.41, 5.74) is 5.56. The van der Waals surface area contributed by atoms with E-state index in [2.05, 4.69) is 34.6 Å². The molecule has 4 atom stereocenters. The summed E-state index contributed by atoms with van der Waals surface area (Å²) in [6.45, 7) is 11.3. The first kappa shape index (κ1) is 15.8. The van der Waals surface area contributed by atoms with Crippen molar-refractivity contribution >= 4 is 5.91 Å². The minimum Gasteiger partial charge on any atom is -0.377 e. The number of nitrogens with two attached hydrogens (primary N) is 1. The number of hydrogen-bond acceptors (Lipinski definition) is 3. The molecule has 4 unspecified atom stereocenters. The van der Waals surface area contributed by atoms with Gasteiger partial charge in [-0.15, -0.1) is 0 Å². The highest BCUT2D eigenvalue weighted by Gasteiger charge is 2.71. The summed E-state index contributed by atoms with van der Waals surface area (Å²) < 4.78 is 5.77. The Kier molecular flexibility index (Phi) is 3.93. The highest BCUT2D eigenvalue weighted by molar-refractivity contribution is 5.89. The Hall–Kier alpha value is -0.610. The maximum Gasteiger partial charge on any atom is 0.243 e. The van der Waals surface area contributed by atoms with Gasteiger partial charge in [-0.1, -0.05) is 27.7 Å². The molecule has 20 heavy (non-hydrogen) atoms. The third-order valence-electron chi connectivity index (χ3n) is 5.60. The van der Waals surface area contributed by atoms with Gasteiger partial charge in [0.1, 0.15) is 5.54 Å². The standard InChI is InChI=1S/C16H30N2O2/c1-10(2)9-11(3)18(6)14(19)16(17)12-7-8-20-13(12)15(16,4)5/h10-13H,7-9,17H2,1-6H3. The van der Waals surface area contributed by atoms with E-state index in [1.54, 1.807) is 0 Å². The lowest BCUT2D eigenvalue weighted by Gasteiger charge is -2.61. The van der Waals surface area contributed by atoms with E-state index in [0.717, 1.165) is 19.4 Å². The smallest absolute Gasteiger partial charge is 0.243 e. The molecule has 116 valence electrons. The number of amides is 1. The summed E-state index contributed by atoms with van der Waals surface area (Å²) in [6.07, 6.45) is 2.05. The topological polar surface area (TPSA) is 55.6 Å². The highest BCUT2D eigenvalue weighted by atomic mass is 16.5. The second-order valence-corrected chi connectivity index (χ2v) is 7.67. The van der Waals surface area contributed by atoms with Gasteiger partial charge in [0.05, 0.1) is 6.10 Å². The van der Waals surface area contributed by atoms with Crippen molar-refractivity contribution in [2.75, 3.05) is 13.7 Å². The lowest BCUT2D eigenvalue weighted by Crippen LogP contribution is -2.80. The normalized spacial score (nSPS) is 36.4. The Balaban J connectivity index is 2.15. The van der Waals surface area contributed by atoms with Crippen LogP contribution in [0.25, 0.3) is 0 Å². The van der Waals surface area contributed by atoms with Crippen LogP contribution in [0.15, 0.2) is 0 Å². The van der Waals surface area contributed by atoms with Crippen LogP contribution in [-0.2, 0) is 9.53 Å². The summed E-state index contributed by atoms with van der Waals surface area (Å²) in [6, 6.07) is 0.222. The van der Waals surface area contributed by atoms with E-state index in [-0.39, 0.29) is 29.4 Å². The van der Waals surface area contributed by atoms with Gasteiger partial charge in [-0.3, -0.25) is 4.79 Å². The summed E-state index contributed by atoms with van der Waals surface area (Å²) in [4.78, 5) is 14.8. The largest absolute Gasteiger partial charge is 0.377 e. The van der Waals surface area contributed by atoms with Gasteiger partial charge >= 0.3 is 0 Å². The van der Waals surface area contributed by atoms with E-state index in [1.807, 2.05) is 11.9 Å². The van der Waals surface area contributed by atoms with Crippen molar-refractivity contribution in [2.24, 2.45) is 23.0 Å². The quantitative estimate of drug-likeness (QED) is 0.858. The molecular weight excluding hydrogens is 252 g/mol. The van der Waals surface area contributed by atoms with Crippen LogP contribution in [0.2, 0.25) is 0 Å². The van der Waals surface area contributed by atoms with Crippen LogP contribution in [0.3, 0.4) is 0 Å². The second-order valence-electron chi connectivity index (χ2n) is 7.67. The fourth-order valence-corrected chi connectivity index (χ4v) is 4.15. The zero-order chi connectivity index (χ0) is 15.3. The molecule has 1 saturated heterocycles. The molecule has 2 rings (SSSR count). The summed E-state index contributed by atoms with van der Waals surface area (Å²) >= 11 is 0. The van der Waals surface area contributed by atoms with Gasteiger partial charge in [-0.2, -0.15) is 0 Å². The van der Waals surface area contributed by atoms with Gasteiger partial charge < -0.3 is 15.4 Å². The molecule has 4 heteroatoms. The molecule has 4 nitrogen and oxygen atoms in total. The van der Waals surface area contributed by atoms with Gasteiger partial charge in [-0.25, -0.2) is 0 Å². The summed E-state index contributed by atoms with van der Waals surface area (Å²) in [7, 11) is 1.89. The molecule has 0 spiro atoms. The molecule has 2 N–H and O–H groups in total. The number of hydrogen-bond donors (Lipinski definition) is 1. The van der Waals surface area contributed by atoms with E-state index < -0.39 is 5.54 Å². The molecular formula is C16H30N2O2. The van der Waals surface area contributed by atoms with Crippen LogP contribution < -0.4 is 5.73 Å². The lowest BCUT2D eigenvalue weighted by atomic mass is 9.47. The first-order valence-corrected chi connectivity index (χ1v) is 7.81. The summed E-state index contributed by atoms with van der Waals surface area (Å²) in [5, 5.41) is 0. The van der Waals surface area contributed by atoms with Crippen LogP contribution >= 0.6 is 0 Å². The fourth-order valence-electron chi connectivity index (χ4n) is 4.15. The predicted octanol–water partition coefficient (Wildman–Crippen LogP) is 2.02. The minimum atomic E-state index is -0.770. The zero-order valence-corrected chi connectivity index (χ0v) is 13.8. The fraction of sp³-hybridized carbons (Fsp3) is 0.938. The molecule has 1 amide bonds. The third-order valence-corrected chi connectivity index (χ3v) is 5.60. The molecule has 1 aliphatic carbocycles. The Morgan fingerprint density at radius 2 is 2.00 bits per heavy atom. The van der Waals surface area contributed by atoms with Crippen LogP contribution in [0.4, 0.5) is 0 Å². The van der Waals surface area contributed by atoms with Crippen molar-refractivity contribution in [1.29, 1.82) is 0 Å². The minimum absolute atomic E-state index is 0.0856. The molecule has 0 bridgehead atoms. The maximum absolute atomic E-state index is 13.0. The third kappa shape index (κ3) is 2.00. The van der Waals surface area contributed by atoms with E-state index in [4.69, 9.17) is 10.5 Å². The van der Waals surface area contributed by atoms with Crippen molar-refractivity contribution in [3.05, 3.63) is 0 Å². The molecule has 1 heterocycles. The van der Waals surface area contributed by atoms with E-state index in [0.29, 0.717) is 5.92 Å². The van der Waals surface area contributed by atoms with Crippen LogP contribution in [0.5, 0.6) is 0 Å². The average molecular weight is 282 g/mol.